The number of ether oxygens (including phenoxy) is 2. The zero-order chi connectivity index (χ0) is 18.8. The Hall–Kier alpha value is -2.97. The number of carbonyl (C=O) groups excluding carboxylic acids is 4. The standard InChI is InChI=1S/C16H21N3O6/c1-3-24-12(20)9-10(16(23)25-4-2)13(14(17)21)19-15(22)11-7-5-6-8-18-11/h5-8,10,13H,3-4,9H2,1-2H3,(H2,17,21)(H,19,22)/t10-,13+/m1/s1. The van der Waals surface area contributed by atoms with E-state index in [-0.39, 0.29) is 18.9 Å². The van der Waals surface area contributed by atoms with E-state index < -0.39 is 42.1 Å². The lowest BCUT2D eigenvalue weighted by Gasteiger charge is -2.23. The number of primary amides is 1. The van der Waals surface area contributed by atoms with Gasteiger partial charge in [-0.05, 0) is 26.0 Å². The van der Waals surface area contributed by atoms with Gasteiger partial charge in [-0.15, -0.1) is 0 Å². The number of nitrogens with two attached hydrogens (primary N) is 1. The predicted molar refractivity (Wildman–Crippen MR) is 86.1 cm³/mol. The third-order valence-electron chi connectivity index (χ3n) is 3.17. The molecular weight excluding hydrogens is 330 g/mol. The first-order valence-corrected chi connectivity index (χ1v) is 7.74. The molecule has 25 heavy (non-hydrogen) atoms. The molecule has 0 spiro atoms. The fraction of sp³-hybridized carbons (Fsp3) is 0.438. The van der Waals surface area contributed by atoms with Crippen LogP contribution in [0, 0.1) is 5.92 Å². The number of amides is 2. The molecule has 9 nitrogen and oxygen atoms in total. The van der Waals surface area contributed by atoms with E-state index >= 15 is 0 Å². The molecule has 0 unspecified atom stereocenters. The van der Waals surface area contributed by atoms with E-state index in [1.165, 1.54) is 12.3 Å². The molecule has 0 aliphatic carbocycles. The summed E-state index contributed by atoms with van der Waals surface area (Å²) in [6.07, 6.45) is 0.943. The van der Waals surface area contributed by atoms with Crippen LogP contribution in [0.3, 0.4) is 0 Å². The zero-order valence-electron chi connectivity index (χ0n) is 14.1. The van der Waals surface area contributed by atoms with Gasteiger partial charge in [-0.3, -0.25) is 24.2 Å². The first-order valence-electron chi connectivity index (χ1n) is 7.74. The van der Waals surface area contributed by atoms with Crippen LogP contribution in [0.1, 0.15) is 30.8 Å². The predicted octanol–water partition coefficient (Wildman–Crippen LogP) is -0.202. The number of nitrogens with zero attached hydrogens (tertiary/aromatic N) is 1. The normalized spacial score (nSPS) is 12.6. The van der Waals surface area contributed by atoms with Crippen LogP contribution in [0.4, 0.5) is 0 Å². The summed E-state index contributed by atoms with van der Waals surface area (Å²) in [6, 6.07) is 3.18. The quantitative estimate of drug-likeness (QED) is 0.587. The molecule has 1 aromatic heterocycles. The molecule has 2 amide bonds. The maximum absolute atomic E-state index is 12.2. The molecule has 1 aromatic rings. The van der Waals surface area contributed by atoms with Gasteiger partial charge in [-0.1, -0.05) is 6.07 Å². The molecule has 0 radical (unpaired) electrons. The van der Waals surface area contributed by atoms with Gasteiger partial charge in [0.1, 0.15) is 11.7 Å². The summed E-state index contributed by atoms with van der Waals surface area (Å²) in [5, 5.41) is 2.34. The van der Waals surface area contributed by atoms with Gasteiger partial charge in [0.15, 0.2) is 0 Å². The van der Waals surface area contributed by atoms with Crippen LogP contribution in [-0.4, -0.2) is 48.0 Å². The Labute approximate surface area is 144 Å². The lowest BCUT2D eigenvalue weighted by Crippen LogP contribution is -2.52. The van der Waals surface area contributed by atoms with E-state index in [1.54, 1.807) is 26.0 Å². The third-order valence-corrected chi connectivity index (χ3v) is 3.17. The molecule has 0 fully saturated rings. The molecular formula is C16H21N3O6. The fourth-order valence-electron chi connectivity index (χ4n) is 2.07. The Bertz CT molecular complexity index is 620. The number of hydrogen-bond acceptors (Lipinski definition) is 7. The van der Waals surface area contributed by atoms with Crippen molar-refractivity contribution in [1.82, 2.24) is 10.3 Å². The molecule has 0 aliphatic heterocycles. The number of pyridine rings is 1. The van der Waals surface area contributed by atoms with E-state index in [1.807, 2.05) is 0 Å². The van der Waals surface area contributed by atoms with Crippen LogP contribution in [0.2, 0.25) is 0 Å². The van der Waals surface area contributed by atoms with E-state index in [4.69, 9.17) is 15.2 Å². The number of carbonyl (C=O) groups is 4. The van der Waals surface area contributed by atoms with Crippen molar-refractivity contribution < 1.29 is 28.7 Å². The van der Waals surface area contributed by atoms with Crippen molar-refractivity contribution in [2.24, 2.45) is 11.7 Å². The number of aromatic nitrogens is 1. The number of rotatable bonds is 9. The van der Waals surface area contributed by atoms with E-state index in [0.29, 0.717) is 0 Å². The minimum Gasteiger partial charge on any atom is -0.466 e. The van der Waals surface area contributed by atoms with Gasteiger partial charge in [0.05, 0.1) is 25.6 Å². The highest BCUT2D eigenvalue weighted by Crippen LogP contribution is 2.14. The van der Waals surface area contributed by atoms with E-state index in [0.717, 1.165) is 0 Å². The van der Waals surface area contributed by atoms with E-state index in [9.17, 15) is 19.2 Å². The van der Waals surface area contributed by atoms with Crippen LogP contribution in [0.15, 0.2) is 24.4 Å². The van der Waals surface area contributed by atoms with Crippen LogP contribution < -0.4 is 11.1 Å². The highest BCUT2D eigenvalue weighted by molar-refractivity contribution is 5.98. The van der Waals surface area contributed by atoms with Crippen molar-refractivity contribution in [2.45, 2.75) is 26.3 Å². The highest BCUT2D eigenvalue weighted by atomic mass is 16.5. The van der Waals surface area contributed by atoms with Gasteiger partial charge in [-0.2, -0.15) is 0 Å². The summed E-state index contributed by atoms with van der Waals surface area (Å²) >= 11 is 0. The monoisotopic (exact) mass is 351 g/mol. The summed E-state index contributed by atoms with van der Waals surface area (Å²) in [7, 11) is 0. The molecule has 136 valence electrons. The first kappa shape index (κ1) is 20.1. The fourth-order valence-corrected chi connectivity index (χ4v) is 2.07. The molecule has 1 heterocycles. The van der Waals surface area contributed by atoms with Gasteiger partial charge in [-0.25, -0.2) is 0 Å². The Morgan fingerprint density at radius 1 is 1.16 bits per heavy atom. The Morgan fingerprint density at radius 3 is 2.36 bits per heavy atom. The van der Waals surface area contributed by atoms with Gasteiger partial charge in [0.25, 0.3) is 5.91 Å². The summed E-state index contributed by atoms with van der Waals surface area (Å²) in [4.78, 5) is 51.7. The Morgan fingerprint density at radius 2 is 1.84 bits per heavy atom. The molecule has 2 atom stereocenters. The number of hydrogen-bond donors (Lipinski definition) is 2. The summed E-state index contributed by atoms with van der Waals surface area (Å²) in [5.41, 5.74) is 5.35. The SMILES string of the molecule is CCOC(=O)C[C@@H](C(=O)OCC)[C@H](NC(=O)c1ccccn1)C(N)=O. The molecule has 0 saturated carbocycles. The molecule has 0 aliphatic rings. The molecule has 3 N–H and O–H groups in total. The van der Waals surface area contributed by atoms with Crippen LogP contribution in [-0.2, 0) is 23.9 Å². The first-order chi connectivity index (χ1) is 11.9. The zero-order valence-corrected chi connectivity index (χ0v) is 14.1. The van der Waals surface area contributed by atoms with Crippen LogP contribution in [0.25, 0.3) is 0 Å². The highest BCUT2D eigenvalue weighted by Gasteiger charge is 2.37. The molecule has 0 aromatic carbocycles. The average Bonchev–Trinajstić information content (AvgIpc) is 2.58. The van der Waals surface area contributed by atoms with Gasteiger partial charge < -0.3 is 20.5 Å². The average molecular weight is 351 g/mol. The second-order valence-electron chi connectivity index (χ2n) is 4.94. The second kappa shape index (κ2) is 10.0. The van der Waals surface area contributed by atoms with Crippen LogP contribution >= 0.6 is 0 Å². The van der Waals surface area contributed by atoms with Gasteiger partial charge in [0, 0.05) is 6.20 Å². The number of nitrogens with one attached hydrogen (secondary N) is 1. The summed E-state index contributed by atoms with van der Waals surface area (Å²) in [6.45, 7) is 3.32. The lowest BCUT2D eigenvalue weighted by molar-refractivity contribution is -0.156. The van der Waals surface area contributed by atoms with Crippen LogP contribution in [0.5, 0.6) is 0 Å². The molecule has 1 rings (SSSR count). The van der Waals surface area contributed by atoms with Crippen molar-refractivity contribution in [3.8, 4) is 0 Å². The minimum atomic E-state index is -1.45. The van der Waals surface area contributed by atoms with Crippen molar-refractivity contribution in [2.75, 3.05) is 13.2 Å². The second-order valence-corrected chi connectivity index (χ2v) is 4.94. The summed E-state index contributed by atoms with van der Waals surface area (Å²) < 4.78 is 9.68. The van der Waals surface area contributed by atoms with Crippen molar-refractivity contribution in [3.63, 3.8) is 0 Å². The summed E-state index contributed by atoms with van der Waals surface area (Å²) in [5.74, 6) is -4.53. The maximum atomic E-state index is 12.2. The minimum absolute atomic E-state index is 0.0347. The lowest BCUT2D eigenvalue weighted by atomic mass is 9.95. The van der Waals surface area contributed by atoms with E-state index in [2.05, 4.69) is 10.3 Å². The third kappa shape index (κ3) is 6.21. The Balaban J connectivity index is 3.01. The number of esters is 2. The molecule has 0 saturated heterocycles. The van der Waals surface area contributed by atoms with Crippen molar-refractivity contribution in [1.29, 1.82) is 0 Å². The largest absolute Gasteiger partial charge is 0.466 e. The van der Waals surface area contributed by atoms with Gasteiger partial charge >= 0.3 is 11.9 Å². The molecule has 9 heteroatoms. The Kier molecular flexibility index (Phi) is 8.04. The topological polar surface area (TPSA) is 138 Å². The van der Waals surface area contributed by atoms with Crippen molar-refractivity contribution in [3.05, 3.63) is 30.1 Å². The van der Waals surface area contributed by atoms with Gasteiger partial charge in [0.2, 0.25) is 5.91 Å². The molecule has 0 bridgehead atoms. The maximum Gasteiger partial charge on any atom is 0.312 e. The van der Waals surface area contributed by atoms with Crippen molar-refractivity contribution >= 4 is 23.8 Å². The smallest absolute Gasteiger partial charge is 0.312 e.